The fourth-order valence-corrected chi connectivity index (χ4v) is 7.35. The lowest BCUT2D eigenvalue weighted by molar-refractivity contribution is -0.127. The van der Waals surface area contributed by atoms with E-state index in [0.29, 0.717) is 23.1 Å². The van der Waals surface area contributed by atoms with E-state index in [4.69, 9.17) is 33.0 Å². The van der Waals surface area contributed by atoms with Crippen molar-refractivity contribution >= 4 is 45.8 Å². The smallest absolute Gasteiger partial charge is 0.245 e. The standard InChI is InChI=1S/C29H37Cl2N7O2/c1-4-24(39)36-10-6-20(7-11-36)38-19(2)25(26-21-17-32-33-23(21)16-22(30)27(26)31)28(34-38)37-13-12-35(14-15-40-3)18-29(37)8-5-9-29/h4,16-17,20H,1,5-15,18H2,2-3H3,(H,32,33). The lowest BCUT2D eigenvalue weighted by Crippen LogP contribution is -2.66. The number of piperazine rings is 1. The van der Waals surface area contributed by atoms with E-state index in [1.165, 1.54) is 12.5 Å². The van der Waals surface area contributed by atoms with Crippen LogP contribution in [0.15, 0.2) is 24.9 Å². The summed E-state index contributed by atoms with van der Waals surface area (Å²) in [4.78, 5) is 19.2. The predicted octanol–water partition coefficient (Wildman–Crippen LogP) is 5.08. The fraction of sp³-hybridized carbons (Fsp3) is 0.552. The molecule has 1 spiro atoms. The highest BCUT2D eigenvalue weighted by atomic mass is 35.5. The number of benzene rings is 1. The Labute approximate surface area is 245 Å². The van der Waals surface area contributed by atoms with Crippen LogP contribution in [-0.2, 0) is 9.53 Å². The van der Waals surface area contributed by atoms with E-state index in [-0.39, 0.29) is 17.5 Å². The summed E-state index contributed by atoms with van der Waals surface area (Å²) >= 11 is 13.7. The lowest BCUT2D eigenvalue weighted by atomic mass is 9.73. The molecule has 6 rings (SSSR count). The van der Waals surface area contributed by atoms with Crippen molar-refractivity contribution < 1.29 is 9.53 Å². The van der Waals surface area contributed by atoms with Crippen LogP contribution >= 0.6 is 23.2 Å². The molecule has 214 valence electrons. The molecule has 11 heteroatoms. The molecule has 4 heterocycles. The number of likely N-dealkylation sites (tertiary alicyclic amines) is 1. The predicted molar refractivity (Wildman–Crippen MR) is 159 cm³/mol. The number of piperidine rings is 1. The molecule has 3 aliphatic rings. The molecule has 0 bridgehead atoms. The second kappa shape index (κ2) is 11.0. The molecule has 1 amide bonds. The molecular formula is C29H37Cl2N7O2. The highest BCUT2D eigenvalue weighted by molar-refractivity contribution is 6.45. The summed E-state index contributed by atoms with van der Waals surface area (Å²) in [5, 5.41) is 14.7. The Balaban J connectivity index is 1.45. The molecule has 0 unspecified atom stereocenters. The molecule has 9 nitrogen and oxygen atoms in total. The van der Waals surface area contributed by atoms with Gasteiger partial charge in [0.1, 0.15) is 0 Å². The van der Waals surface area contributed by atoms with Gasteiger partial charge in [-0.15, -0.1) is 0 Å². The fourth-order valence-electron chi connectivity index (χ4n) is 6.89. The Morgan fingerprint density at radius 3 is 2.67 bits per heavy atom. The van der Waals surface area contributed by atoms with Crippen LogP contribution in [-0.4, -0.2) is 94.2 Å². The van der Waals surface area contributed by atoms with Crippen LogP contribution in [0.1, 0.15) is 43.8 Å². The largest absolute Gasteiger partial charge is 0.383 e. The summed E-state index contributed by atoms with van der Waals surface area (Å²) in [5.74, 6) is 0.961. The molecule has 0 radical (unpaired) electrons. The van der Waals surface area contributed by atoms with E-state index in [0.717, 1.165) is 92.0 Å². The summed E-state index contributed by atoms with van der Waals surface area (Å²) in [6, 6.07) is 2.02. The number of methoxy groups -OCH3 is 1. The number of nitrogens with one attached hydrogen (secondary N) is 1. The molecule has 2 aliphatic heterocycles. The molecule has 2 saturated heterocycles. The monoisotopic (exact) mass is 585 g/mol. The van der Waals surface area contributed by atoms with Crippen LogP contribution in [0.2, 0.25) is 10.0 Å². The van der Waals surface area contributed by atoms with Gasteiger partial charge in [-0.1, -0.05) is 29.8 Å². The first kappa shape index (κ1) is 27.6. The molecule has 1 aliphatic carbocycles. The van der Waals surface area contributed by atoms with Crippen molar-refractivity contribution in [2.75, 3.05) is 57.9 Å². The maximum Gasteiger partial charge on any atom is 0.245 e. The molecular weight excluding hydrogens is 549 g/mol. The number of anilines is 1. The van der Waals surface area contributed by atoms with Crippen LogP contribution in [0, 0.1) is 6.92 Å². The number of ether oxygens (including phenoxy) is 1. The van der Waals surface area contributed by atoms with E-state index in [1.54, 1.807) is 7.11 Å². The maximum atomic E-state index is 12.2. The first-order chi connectivity index (χ1) is 19.4. The third-order valence-corrected chi connectivity index (χ3v) is 9.99. The average molecular weight is 587 g/mol. The summed E-state index contributed by atoms with van der Waals surface area (Å²) in [6.07, 6.45) is 8.38. The Kier molecular flexibility index (Phi) is 7.59. The van der Waals surface area contributed by atoms with Crippen molar-refractivity contribution in [3.05, 3.63) is 40.7 Å². The number of hydrogen-bond donors (Lipinski definition) is 1. The van der Waals surface area contributed by atoms with E-state index in [9.17, 15) is 4.79 Å². The van der Waals surface area contributed by atoms with Gasteiger partial charge in [-0.25, -0.2) is 0 Å². The van der Waals surface area contributed by atoms with Crippen molar-refractivity contribution in [3.8, 4) is 11.1 Å². The second-order valence-corrected chi connectivity index (χ2v) is 12.2. The minimum Gasteiger partial charge on any atom is -0.383 e. The van der Waals surface area contributed by atoms with Crippen molar-refractivity contribution in [1.82, 2.24) is 29.8 Å². The number of nitrogens with zero attached hydrogens (tertiary/aromatic N) is 6. The summed E-state index contributed by atoms with van der Waals surface area (Å²) in [5.41, 5.74) is 3.85. The third-order valence-electron chi connectivity index (χ3n) is 9.20. The van der Waals surface area contributed by atoms with Crippen LogP contribution in [0.5, 0.6) is 0 Å². The zero-order valence-electron chi connectivity index (χ0n) is 23.3. The first-order valence-electron chi connectivity index (χ1n) is 14.2. The summed E-state index contributed by atoms with van der Waals surface area (Å²) in [6.45, 7) is 11.7. The van der Waals surface area contributed by atoms with E-state index < -0.39 is 0 Å². The van der Waals surface area contributed by atoms with Gasteiger partial charge in [-0.2, -0.15) is 10.2 Å². The van der Waals surface area contributed by atoms with Crippen LogP contribution in [0.4, 0.5) is 5.82 Å². The lowest BCUT2D eigenvalue weighted by Gasteiger charge is -2.56. The quantitative estimate of drug-likeness (QED) is 0.389. The zero-order chi connectivity index (χ0) is 28.0. The summed E-state index contributed by atoms with van der Waals surface area (Å²) in [7, 11) is 1.76. The third kappa shape index (κ3) is 4.61. The SMILES string of the molecule is C=CC(=O)N1CCC(n2nc(N3CCN(CCOC)CC34CCC4)c(-c3c(Cl)c(Cl)cc4[nH]ncc34)c2C)CC1. The Hall–Kier alpha value is -2.59. The number of carbonyl (C=O) groups excluding carboxylic acids is 1. The van der Waals surface area contributed by atoms with Gasteiger partial charge in [-0.3, -0.25) is 19.5 Å². The highest BCUT2D eigenvalue weighted by Gasteiger charge is 2.48. The van der Waals surface area contributed by atoms with Gasteiger partial charge in [0.25, 0.3) is 0 Å². The van der Waals surface area contributed by atoms with E-state index >= 15 is 0 Å². The minimum absolute atomic E-state index is 0.0108. The topological polar surface area (TPSA) is 82.5 Å². The number of hydrogen-bond acceptors (Lipinski definition) is 6. The minimum atomic E-state index is -0.0108. The summed E-state index contributed by atoms with van der Waals surface area (Å²) < 4.78 is 7.58. The number of aromatic amines is 1. The van der Waals surface area contributed by atoms with Gasteiger partial charge < -0.3 is 14.5 Å². The van der Waals surface area contributed by atoms with Gasteiger partial charge in [0.05, 0.1) is 39.9 Å². The van der Waals surface area contributed by atoms with Crippen LogP contribution in [0.3, 0.4) is 0 Å². The van der Waals surface area contributed by atoms with Crippen LogP contribution in [0.25, 0.3) is 22.0 Å². The van der Waals surface area contributed by atoms with E-state index in [2.05, 4.69) is 38.2 Å². The average Bonchev–Trinajstić information content (AvgIpc) is 3.55. The number of amides is 1. The second-order valence-electron chi connectivity index (χ2n) is 11.4. The van der Waals surface area contributed by atoms with E-state index in [1.807, 2.05) is 17.2 Å². The maximum absolute atomic E-state index is 12.2. The Morgan fingerprint density at radius 1 is 1.23 bits per heavy atom. The molecule has 40 heavy (non-hydrogen) atoms. The molecule has 1 saturated carbocycles. The number of H-pyrrole nitrogens is 1. The first-order valence-corrected chi connectivity index (χ1v) is 14.9. The van der Waals surface area contributed by atoms with Gasteiger partial charge in [-0.05, 0) is 51.2 Å². The van der Waals surface area contributed by atoms with Gasteiger partial charge in [0, 0.05) is 68.6 Å². The Bertz CT molecular complexity index is 1420. The van der Waals surface area contributed by atoms with Crippen molar-refractivity contribution in [3.63, 3.8) is 0 Å². The van der Waals surface area contributed by atoms with Crippen molar-refractivity contribution in [2.45, 2.75) is 50.6 Å². The number of fused-ring (bicyclic) bond motifs is 1. The molecule has 0 atom stereocenters. The molecule has 1 N–H and O–H groups in total. The number of aromatic nitrogens is 4. The van der Waals surface area contributed by atoms with Gasteiger partial charge in [0.2, 0.25) is 5.91 Å². The normalized spacial score (nSPS) is 19.9. The van der Waals surface area contributed by atoms with Crippen LogP contribution < -0.4 is 4.90 Å². The Morgan fingerprint density at radius 2 is 2.00 bits per heavy atom. The molecule has 3 aromatic rings. The van der Waals surface area contributed by atoms with Gasteiger partial charge >= 0.3 is 0 Å². The molecule has 1 aromatic carbocycles. The molecule has 3 fully saturated rings. The van der Waals surface area contributed by atoms with Gasteiger partial charge in [0.15, 0.2) is 5.82 Å². The zero-order valence-corrected chi connectivity index (χ0v) is 24.8. The van der Waals surface area contributed by atoms with Crippen molar-refractivity contribution in [2.24, 2.45) is 0 Å². The number of rotatable bonds is 7. The van der Waals surface area contributed by atoms with Crippen molar-refractivity contribution in [1.29, 1.82) is 0 Å². The highest BCUT2D eigenvalue weighted by Crippen LogP contribution is 2.50. The number of carbonyl (C=O) groups is 1. The number of halogens is 2. The molecule has 2 aromatic heterocycles.